The molecule has 0 aliphatic carbocycles. The van der Waals surface area contributed by atoms with Crippen LogP contribution in [0.3, 0.4) is 0 Å². The van der Waals surface area contributed by atoms with E-state index in [9.17, 15) is 0 Å². The molecule has 0 heterocycles. The molecule has 0 atom stereocenters. The van der Waals surface area contributed by atoms with Crippen molar-refractivity contribution in [2.75, 3.05) is 5.73 Å². The summed E-state index contributed by atoms with van der Waals surface area (Å²) in [5.74, 6) is 0. The van der Waals surface area contributed by atoms with Crippen molar-refractivity contribution < 1.29 is 0 Å². The molecule has 0 radical (unpaired) electrons. The van der Waals surface area contributed by atoms with Crippen molar-refractivity contribution in [2.45, 2.75) is 13.8 Å². The zero-order chi connectivity index (χ0) is 8.43. The van der Waals surface area contributed by atoms with Crippen LogP contribution in [0.25, 0.3) is 0 Å². The fraction of sp³-hybridized carbons (Fsp3) is 0.222. The van der Waals surface area contributed by atoms with Crippen LogP contribution in [0.2, 0.25) is 0 Å². The zero-order valence-corrected chi connectivity index (χ0v) is 7.53. The fourth-order valence-corrected chi connectivity index (χ4v) is 1.12. The molecule has 2 N–H and O–H groups in total. The van der Waals surface area contributed by atoms with Gasteiger partial charge < -0.3 is 5.73 Å². The van der Waals surface area contributed by atoms with E-state index in [0.29, 0.717) is 0 Å². The van der Waals surface area contributed by atoms with Crippen molar-refractivity contribution >= 4 is 23.3 Å². The van der Waals surface area contributed by atoms with Crippen LogP contribution >= 0.6 is 12.2 Å². The van der Waals surface area contributed by atoms with Gasteiger partial charge >= 0.3 is 0 Å². The van der Waals surface area contributed by atoms with Gasteiger partial charge in [0.1, 0.15) is 0 Å². The lowest BCUT2D eigenvalue weighted by Crippen LogP contribution is -1.94. The topological polar surface area (TPSA) is 26.0 Å². The number of anilines is 1. The molecule has 1 nitrogen and oxygen atoms in total. The van der Waals surface area contributed by atoms with Gasteiger partial charge in [-0.1, -0.05) is 18.3 Å². The Bertz CT molecular complexity index is 269. The van der Waals surface area contributed by atoms with Crippen molar-refractivity contribution in [1.29, 1.82) is 0 Å². The third kappa shape index (κ3) is 1.57. The number of benzene rings is 1. The lowest BCUT2D eigenvalue weighted by Gasteiger charge is -2.04. The molecule has 0 aromatic heterocycles. The lowest BCUT2D eigenvalue weighted by atomic mass is 10.1. The molecular formula is C9H11NS. The summed E-state index contributed by atoms with van der Waals surface area (Å²) in [6, 6.07) is 3.94. The first-order valence-corrected chi connectivity index (χ1v) is 3.94. The molecule has 1 aromatic carbocycles. The Balaban J connectivity index is 3.31. The molecule has 58 valence electrons. The van der Waals surface area contributed by atoms with Crippen LogP contribution in [-0.2, 0) is 0 Å². The van der Waals surface area contributed by atoms with E-state index in [4.69, 9.17) is 18.0 Å². The molecule has 0 aliphatic rings. The Morgan fingerprint density at radius 2 is 2.00 bits per heavy atom. The second-order valence-electron chi connectivity index (χ2n) is 2.67. The SMILES string of the molecule is Cc1cc(C=S)cc(N)c1C. The van der Waals surface area contributed by atoms with Gasteiger partial charge in [-0.15, -0.1) is 0 Å². The van der Waals surface area contributed by atoms with E-state index >= 15 is 0 Å². The van der Waals surface area contributed by atoms with Crippen LogP contribution in [-0.4, -0.2) is 5.37 Å². The minimum atomic E-state index is 0.820. The van der Waals surface area contributed by atoms with E-state index in [1.54, 1.807) is 5.37 Å². The normalized spacial score (nSPS) is 9.64. The highest BCUT2D eigenvalue weighted by molar-refractivity contribution is 7.79. The lowest BCUT2D eigenvalue weighted by molar-refractivity contribution is 1.34. The maximum absolute atomic E-state index is 5.73. The predicted molar refractivity (Wildman–Crippen MR) is 53.1 cm³/mol. The summed E-state index contributed by atoms with van der Waals surface area (Å²) in [6.07, 6.45) is 0. The Hall–Kier alpha value is -0.890. The minimum absolute atomic E-state index is 0.820. The van der Waals surface area contributed by atoms with Crippen molar-refractivity contribution in [1.82, 2.24) is 0 Å². The predicted octanol–water partition coefficient (Wildman–Crippen LogP) is 2.23. The molecule has 0 bridgehead atoms. The standard InChI is InChI=1S/C9H11NS/c1-6-3-8(5-11)4-9(10)7(6)2/h3-5H,10H2,1-2H3. The van der Waals surface area contributed by atoms with Gasteiger partial charge in [-0.05, 0) is 36.6 Å². The van der Waals surface area contributed by atoms with Gasteiger partial charge in [0.2, 0.25) is 0 Å². The Morgan fingerprint density at radius 3 is 2.45 bits per heavy atom. The van der Waals surface area contributed by atoms with Crippen molar-refractivity contribution in [3.63, 3.8) is 0 Å². The van der Waals surface area contributed by atoms with Gasteiger partial charge in [0.05, 0.1) is 0 Å². The molecule has 1 aromatic rings. The van der Waals surface area contributed by atoms with Gasteiger partial charge in [-0.3, -0.25) is 0 Å². The Morgan fingerprint density at radius 1 is 1.36 bits per heavy atom. The van der Waals surface area contributed by atoms with Crippen LogP contribution < -0.4 is 5.73 Å². The first-order valence-electron chi connectivity index (χ1n) is 3.47. The first-order chi connectivity index (χ1) is 5.15. The molecule has 2 heteroatoms. The van der Waals surface area contributed by atoms with Gasteiger partial charge in [0.25, 0.3) is 0 Å². The quantitative estimate of drug-likeness (QED) is 0.510. The second kappa shape index (κ2) is 3.01. The summed E-state index contributed by atoms with van der Waals surface area (Å²) in [4.78, 5) is 0. The number of hydrogen-bond acceptors (Lipinski definition) is 2. The summed E-state index contributed by atoms with van der Waals surface area (Å²) in [5, 5.41) is 1.64. The maximum Gasteiger partial charge on any atom is 0.0352 e. The average Bonchev–Trinajstić information content (AvgIpc) is 1.99. The molecule has 0 saturated heterocycles. The highest BCUT2D eigenvalue weighted by atomic mass is 32.1. The summed E-state index contributed by atoms with van der Waals surface area (Å²) in [5.41, 5.74) is 9.91. The number of thiocarbonyl (C=S) groups is 1. The van der Waals surface area contributed by atoms with Crippen LogP contribution in [0.5, 0.6) is 0 Å². The summed E-state index contributed by atoms with van der Waals surface area (Å²) >= 11 is 4.80. The second-order valence-corrected chi connectivity index (χ2v) is 2.91. The molecular weight excluding hydrogens is 154 g/mol. The fourth-order valence-electron chi connectivity index (χ4n) is 0.983. The van der Waals surface area contributed by atoms with E-state index in [0.717, 1.165) is 16.8 Å². The maximum atomic E-state index is 5.73. The highest BCUT2D eigenvalue weighted by Gasteiger charge is 1.98. The van der Waals surface area contributed by atoms with Crippen LogP contribution in [0.15, 0.2) is 12.1 Å². The summed E-state index contributed by atoms with van der Waals surface area (Å²) in [6.45, 7) is 4.05. The van der Waals surface area contributed by atoms with E-state index in [2.05, 4.69) is 0 Å². The zero-order valence-electron chi connectivity index (χ0n) is 6.72. The molecule has 0 amide bonds. The first kappa shape index (κ1) is 8.21. The smallest absolute Gasteiger partial charge is 0.0352 e. The summed E-state index contributed by atoms with van der Waals surface area (Å²) < 4.78 is 0. The molecule has 0 spiro atoms. The number of nitrogen functional groups attached to an aromatic ring is 1. The molecule has 11 heavy (non-hydrogen) atoms. The number of aryl methyl sites for hydroxylation is 1. The number of rotatable bonds is 1. The molecule has 0 fully saturated rings. The van der Waals surface area contributed by atoms with Crippen LogP contribution in [0.1, 0.15) is 16.7 Å². The van der Waals surface area contributed by atoms with Crippen molar-refractivity contribution in [3.8, 4) is 0 Å². The van der Waals surface area contributed by atoms with E-state index in [1.807, 2.05) is 26.0 Å². The van der Waals surface area contributed by atoms with Gasteiger partial charge in [0.15, 0.2) is 0 Å². The third-order valence-electron chi connectivity index (χ3n) is 1.87. The van der Waals surface area contributed by atoms with Gasteiger partial charge in [-0.25, -0.2) is 0 Å². The molecule has 1 rings (SSSR count). The minimum Gasteiger partial charge on any atom is -0.398 e. The number of nitrogens with two attached hydrogens (primary N) is 1. The largest absolute Gasteiger partial charge is 0.398 e. The monoisotopic (exact) mass is 165 g/mol. The van der Waals surface area contributed by atoms with Crippen LogP contribution in [0, 0.1) is 13.8 Å². The Labute approximate surface area is 72.2 Å². The summed E-state index contributed by atoms with van der Waals surface area (Å²) in [7, 11) is 0. The third-order valence-corrected chi connectivity index (χ3v) is 2.14. The van der Waals surface area contributed by atoms with E-state index in [-0.39, 0.29) is 0 Å². The van der Waals surface area contributed by atoms with Crippen LogP contribution in [0.4, 0.5) is 5.69 Å². The highest BCUT2D eigenvalue weighted by Crippen LogP contribution is 2.16. The Kier molecular flexibility index (Phi) is 2.25. The molecule has 0 aliphatic heterocycles. The van der Waals surface area contributed by atoms with E-state index in [1.165, 1.54) is 5.56 Å². The van der Waals surface area contributed by atoms with Gasteiger partial charge in [-0.2, -0.15) is 0 Å². The van der Waals surface area contributed by atoms with Crippen molar-refractivity contribution in [2.24, 2.45) is 0 Å². The number of hydrogen-bond donors (Lipinski definition) is 1. The molecule has 0 unspecified atom stereocenters. The van der Waals surface area contributed by atoms with Gasteiger partial charge in [0, 0.05) is 11.1 Å². The van der Waals surface area contributed by atoms with Crippen molar-refractivity contribution in [3.05, 3.63) is 28.8 Å². The van der Waals surface area contributed by atoms with E-state index < -0.39 is 0 Å². The molecule has 0 saturated carbocycles. The average molecular weight is 165 g/mol.